The van der Waals surface area contributed by atoms with Gasteiger partial charge in [0, 0.05) is 15.9 Å². The monoisotopic (exact) mass is 400 g/mol. The van der Waals surface area contributed by atoms with E-state index in [1.54, 1.807) is 12.2 Å². The molecule has 1 aromatic heterocycles. The number of para-hydroxylation sites is 1. The van der Waals surface area contributed by atoms with Gasteiger partial charge in [-0.1, -0.05) is 79.9 Å². The van der Waals surface area contributed by atoms with Crippen molar-refractivity contribution in [1.29, 1.82) is 0 Å². The highest BCUT2D eigenvalue weighted by Gasteiger charge is 2.22. The lowest BCUT2D eigenvalue weighted by atomic mass is 10.0. The number of carbonyl (C=O) groups excluding carboxylic acids is 1. The third kappa shape index (κ3) is 4.33. The molecule has 3 rings (SSSR count). The van der Waals surface area contributed by atoms with Crippen LogP contribution < -0.4 is 5.32 Å². The zero-order valence-electron chi connectivity index (χ0n) is 16.7. The molecule has 0 radical (unpaired) electrons. The summed E-state index contributed by atoms with van der Waals surface area (Å²) in [5, 5.41) is 3.98. The molecule has 0 aliphatic carbocycles. The molecule has 0 spiro atoms. The number of rotatable bonds is 7. The molecule has 0 fully saturated rings. The number of hydrogen-bond acceptors (Lipinski definition) is 3. The van der Waals surface area contributed by atoms with Gasteiger partial charge >= 0.3 is 0 Å². The average molecular weight is 401 g/mol. The number of carbonyl (C=O) groups is 1. The third-order valence-electron chi connectivity index (χ3n) is 4.72. The summed E-state index contributed by atoms with van der Waals surface area (Å²) in [6.07, 6.45) is 7.27. The van der Waals surface area contributed by atoms with E-state index >= 15 is 0 Å². The Balaban J connectivity index is 2.17. The van der Waals surface area contributed by atoms with E-state index in [2.05, 4.69) is 18.5 Å². The van der Waals surface area contributed by atoms with Gasteiger partial charge < -0.3 is 5.32 Å². The van der Waals surface area contributed by atoms with Gasteiger partial charge in [-0.15, -0.1) is 11.8 Å². The van der Waals surface area contributed by atoms with Crippen LogP contribution in [0.25, 0.3) is 16.5 Å². The smallest absolute Gasteiger partial charge is 0.253 e. The van der Waals surface area contributed by atoms with E-state index in [1.165, 1.54) is 11.8 Å². The van der Waals surface area contributed by atoms with Crippen molar-refractivity contribution in [2.75, 3.05) is 6.26 Å². The van der Waals surface area contributed by atoms with Crippen molar-refractivity contribution in [2.45, 2.75) is 17.9 Å². The third-order valence-corrected chi connectivity index (χ3v) is 5.52. The number of allylic oxidation sites excluding steroid dienone is 4. The molecule has 4 heteroatoms. The van der Waals surface area contributed by atoms with Gasteiger partial charge in [0.2, 0.25) is 0 Å². The minimum Gasteiger partial charge on any atom is -0.345 e. The largest absolute Gasteiger partial charge is 0.345 e. The fourth-order valence-electron chi connectivity index (χ4n) is 3.28. The Bertz CT molecular complexity index is 1090. The molecule has 0 aliphatic heterocycles. The Morgan fingerprint density at radius 3 is 2.45 bits per heavy atom. The average Bonchev–Trinajstić information content (AvgIpc) is 2.76. The second-order valence-electron chi connectivity index (χ2n) is 6.55. The zero-order chi connectivity index (χ0) is 20.8. The first-order valence-electron chi connectivity index (χ1n) is 9.38. The minimum atomic E-state index is -0.118. The van der Waals surface area contributed by atoms with Crippen LogP contribution in [0, 0.1) is 0 Å². The van der Waals surface area contributed by atoms with Crippen molar-refractivity contribution >= 4 is 34.1 Å². The van der Waals surface area contributed by atoms with Gasteiger partial charge in [0.05, 0.1) is 22.8 Å². The predicted octanol–water partition coefficient (Wildman–Crippen LogP) is 6.20. The van der Waals surface area contributed by atoms with Crippen LogP contribution in [-0.2, 0) is 0 Å². The summed E-state index contributed by atoms with van der Waals surface area (Å²) < 4.78 is 0. The van der Waals surface area contributed by atoms with Crippen LogP contribution in [0.5, 0.6) is 0 Å². The van der Waals surface area contributed by atoms with Crippen molar-refractivity contribution in [3.8, 4) is 0 Å². The van der Waals surface area contributed by atoms with Crippen molar-refractivity contribution in [3.05, 3.63) is 103 Å². The standard InChI is InChI=1S/C25H24N2OS/c1-5-12-18(6-2)23-24(29-4)22(20-15-10-11-16-21(20)27-23)25(28)26-17(3)19-13-8-7-9-14-19/h5-17H,1-2H2,3-4H3,(H,26,28)/b18-12+. The van der Waals surface area contributed by atoms with E-state index in [1.807, 2.05) is 73.9 Å². The van der Waals surface area contributed by atoms with E-state index in [0.29, 0.717) is 5.56 Å². The Labute approximate surface area is 176 Å². The quantitative estimate of drug-likeness (QED) is 0.379. The van der Waals surface area contributed by atoms with Gasteiger partial charge in [-0.25, -0.2) is 4.98 Å². The zero-order valence-corrected chi connectivity index (χ0v) is 17.5. The summed E-state index contributed by atoms with van der Waals surface area (Å²) in [5.41, 5.74) is 4.04. The Morgan fingerprint density at radius 1 is 1.10 bits per heavy atom. The van der Waals surface area contributed by atoms with E-state index < -0.39 is 0 Å². The van der Waals surface area contributed by atoms with E-state index in [0.717, 1.165) is 32.6 Å². The first-order valence-corrected chi connectivity index (χ1v) is 10.6. The van der Waals surface area contributed by atoms with Gasteiger partial charge in [-0.05, 0) is 24.8 Å². The van der Waals surface area contributed by atoms with E-state index in [9.17, 15) is 4.79 Å². The lowest BCUT2D eigenvalue weighted by Crippen LogP contribution is -2.27. The molecule has 1 unspecified atom stereocenters. The second-order valence-corrected chi connectivity index (χ2v) is 7.37. The first-order chi connectivity index (χ1) is 14.1. The first kappa shape index (κ1) is 20.6. The number of benzene rings is 2. The summed E-state index contributed by atoms with van der Waals surface area (Å²) in [6.45, 7) is 9.68. The van der Waals surface area contributed by atoms with Crippen LogP contribution in [0.2, 0.25) is 0 Å². The van der Waals surface area contributed by atoms with Gasteiger partial charge in [0.1, 0.15) is 0 Å². The summed E-state index contributed by atoms with van der Waals surface area (Å²) in [6, 6.07) is 17.6. The molecular weight excluding hydrogens is 376 g/mol. The highest BCUT2D eigenvalue weighted by molar-refractivity contribution is 7.98. The molecule has 0 aliphatic rings. The fraction of sp³-hybridized carbons (Fsp3) is 0.120. The molecule has 1 heterocycles. The Hall–Kier alpha value is -3.11. The number of amides is 1. The van der Waals surface area contributed by atoms with Crippen molar-refractivity contribution in [1.82, 2.24) is 10.3 Å². The highest BCUT2D eigenvalue weighted by atomic mass is 32.2. The molecule has 3 aromatic rings. The maximum Gasteiger partial charge on any atom is 0.253 e. The predicted molar refractivity (Wildman–Crippen MR) is 124 cm³/mol. The van der Waals surface area contributed by atoms with Gasteiger partial charge in [0.25, 0.3) is 5.91 Å². The van der Waals surface area contributed by atoms with Crippen LogP contribution >= 0.6 is 11.8 Å². The van der Waals surface area contributed by atoms with Gasteiger partial charge in [-0.2, -0.15) is 0 Å². The molecule has 1 amide bonds. The SMILES string of the molecule is C=C/C=C(\C=C)c1nc2ccccc2c(C(=O)NC(C)c2ccccc2)c1SC. The topological polar surface area (TPSA) is 42.0 Å². The number of pyridine rings is 1. The van der Waals surface area contributed by atoms with Gasteiger partial charge in [0.15, 0.2) is 0 Å². The lowest BCUT2D eigenvalue weighted by Gasteiger charge is -2.19. The van der Waals surface area contributed by atoms with Crippen LogP contribution in [0.1, 0.15) is 34.6 Å². The number of fused-ring (bicyclic) bond motifs is 1. The molecule has 3 nitrogen and oxygen atoms in total. The molecule has 1 atom stereocenters. The van der Waals surface area contributed by atoms with E-state index in [-0.39, 0.29) is 11.9 Å². The van der Waals surface area contributed by atoms with E-state index in [4.69, 9.17) is 4.98 Å². The molecule has 0 bridgehead atoms. The molecule has 0 saturated heterocycles. The molecule has 1 N–H and O–H groups in total. The van der Waals surface area contributed by atoms with Crippen molar-refractivity contribution < 1.29 is 4.79 Å². The van der Waals surface area contributed by atoms with Crippen molar-refractivity contribution in [3.63, 3.8) is 0 Å². The molecule has 0 saturated carbocycles. The second kappa shape index (κ2) is 9.39. The molecule has 29 heavy (non-hydrogen) atoms. The molecular formula is C25H24N2OS. The summed E-state index contributed by atoms with van der Waals surface area (Å²) in [5.74, 6) is -0.118. The fourth-order valence-corrected chi connectivity index (χ4v) is 4.04. The molecule has 2 aromatic carbocycles. The number of thioether (sulfide) groups is 1. The Morgan fingerprint density at radius 2 is 1.79 bits per heavy atom. The van der Waals surface area contributed by atoms with Gasteiger partial charge in [-0.3, -0.25) is 4.79 Å². The summed E-state index contributed by atoms with van der Waals surface area (Å²) >= 11 is 1.51. The minimum absolute atomic E-state index is 0.114. The maximum absolute atomic E-state index is 13.4. The number of hydrogen-bond donors (Lipinski definition) is 1. The van der Waals surface area contributed by atoms with Crippen LogP contribution in [0.3, 0.4) is 0 Å². The Kier molecular flexibility index (Phi) is 6.68. The number of aromatic nitrogens is 1. The normalized spacial score (nSPS) is 12.4. The number of nitrogens with zero attached hydrogens (tertiary/aromatic N) is 1. The number of nitrogens with one attached hydrogen (secondary N) is 1. The lowest BCUT2D eigenvalue weighted by molar-refractivity contribution is 0.0938. The maximum atomic E-state index is 13.4. The molecule has 146 valence electrons. The van der Waals surface area contributed by atoms with Crippen LogP contribution in [0.4, 0.5) is 0 Å². The van der Waals surface area contributed by atoms with Crippen LogP contribution in [-0.4, -0.2) is 17.1 Å². The van der Waals surface area contributed by atoms with Crippen molar-refractivity contribution in [2.24, 2.45) is 0 Å². The summed E-state index contributed by atoms with van der Waals surface area (Å²) in [7, 11) is 0. The highest BCUT2D eigenvalue weighted by Crippen LogP contribution is 2.34. The summed E-state index contributed by atoms with van der Waals surface area (Å²) in [4.78, 5) is 19.1. The van der Waals surface area contributed by atoms with Crippen LogP contribution in [0.15, 0.2) is 90.9 Å².